The van der Waals surface area contributed by atoms with Crippen molar-refractivity contribution in [2.24, 2.45) is 0 Å². The molecule has 6 nitrogen and oxygen atoms in total. The largest absolute Gasteiger partial charge is 1.00 e. The van der Waals surface area contributed by atoms with Gasteiger partial charge in [0.25, 0.3) is 0 Å². The van der Waals surface area contributed by atoms with Gasteiger partial charge in [-0.25, -0.2) is 0 Å². The van der Waals surface area contributed by atoms with Crippen LogP contribution in [-0.2, 0) is 4.74 Å². The number of carboxylic acids is 1. The second-order valence-corrected chi connectivity index (χ2v) is 5.35. The third-order valence-corrected chi connectivity index (χ3v) is 3.99. The number of carboxylic acid groups (broad SMARTS) is 1. The van der Waals surface area contributed by atoms with Crippen molar-refractivity contribution < 1.29 is 59.5 Å². The molecule has 1 heterocycles. The predicted octanol–water partition coefficient (Wildman–Crippen LogP) is -4.41. The Hall–Kier alpha value is -0.120. The van der Waals surface area contributed by atoms with Crippen LogP contribution in [0, 0.1) is 0 Å². The number of ether oxygens (including phenoxy) is 1. The number of aromatic carboxylic acids is 1. The normalized spacial score (nSPS) is 29.6. The molecular weight excluding hydrogens is 295 g/mol. The monoisotopic (exact) mass is 308 g/mol. The fourth-order valence-corrected chi connectivity index (χ4v) is 2.70. The van der Waals surface area contributed by atoms with Gasteiger partial charge in [0.05, 0.1) is 12.6 Å². The van der Waals surface area contributed by atoms with Gasteiger partial charge in [-0.15, -0.1) is 0 Å². The van der Waals surface area contributed by atoms with Crippen LogP contribution in [0.3, 0.4) is 0 Å². The Kier molecular flexibility index (Phi) is 6.96. The molecule has 1 aliphatic rings. The molecule has 1 fully saturated rings. The zero-order valence-corrected chi connectivity index (χ0v) is 13.6. The van der Waals surface area contributed by atoms with Crippen LogP contribution in [0.4, 0.5) is 0 Å². The molecule has 2 rings (SSSR count). The topological polar surface area (TPSA) is 110 Å². The van der Waals surface area contributed by atoms with Crippen LogP contribution >= 0.6 is 11.8 Å². The molecule has 0 amide bonds. The van der Waals surface area contributed by atoms with Gasteiger partial charge in [-0.05, 0) is 17.7 Å². The van der Waals surface area contributed by atoms with Gasteiger partial charge in [0, 0.05) is 4.90 Å². The quantitative estimate of drug-likeness (QED) is 0.484. The van der Waals surface area contributed by atoms with E-state index in [1.807, 2.05) is 0 Å². The van der Waals surface area contributed by atoms with Crippen molar-refractivity contribution in [2.75, 3.05) is 6.61 Å². The van der Waals surface area contributed by atoms with Crippen LogP contribution in [0.2, 0.25) is 0 Å². The van der Waals surface area contributed by atoms with Crippen LogP contribution in [0.1, 0.15) is 10.4 Å². The van der Waals surface area contributed by atoms with E-state index in [-0.39, 0.29) is 41.7 Å². The SMILES string of the molecule is O=C([O-])c1ccc(S[C@@H]2OC[C@@H](O)[C@H](O)[C@H]2O)cc1.[Na+]. The van der Waals surface area contributed by atoms with Gasteiger partial charge in [0.1, 0.15) is 23.7 Å². The first-order valence-corrected chi connectivity index (χ1v) is 6.51. The molecule has 0 spiro atoms. The summed E-state index contributed by atoms with van der Waals surface area (Å²) in [5.41, 5.74) is -0.655. The van der Waals surface area contributed by atoms with Crippen molar-refractivity contribution in [2.45, 2.75) is 28.6 Å². The van der Waals surface area contributed by atoms with Crippen molar-refractivity contribution in [1.29, 1.82) is 0 Å². The minimum Gasteiger partial charge on any atom is -0.545 e. The van der Waals surface area contributed by atoms with Crippen molar-refractivity contribution in [3.05, 3.63) is 29.8 Å². The van der Waals surface area contributed by atoms with Gasteiger partial charge in [0.2, 0.25) is 0 Å². The molecule has 0 bridgehead atoms. The van der Waals surface area contributed by atoms with E-state index in [1.165, 1.54) is 12.1 Å². The summed E-state index contributed by atoms with van der Waals surface area (Å²) in [5, 5.41) is 39.2. The molecule has 8 heteroatoms. The average Bonchev–Trinajstić information content (AvgIpc) is 2.40. The number of benzene rings is 1. The van der Waals surface area contributed by atoms with E-state index in [1.54, 1.807) is 12.1 Å². The molecule has 0 aliphatic carbocycles. The summed E-state index contributed by atoms with van der Waals surface area (Å²) < 4.78 is 5.23. The summed E-state index contributed by atoms with van der Waals surface area (Å²) in [6, 6.07) is 5.89. The van der Waals surface area contributed by atoms with Crippen molar-refractivity contribution >= 4 is 17.7 Å². The van der Waals surface area contributed by atoms with Crippen molar-refractivity contribution in [3.8, 4) is 0 Å². The maximum Gasteiger partial charge on any atom is 1.00 e. The first kappa shape index (κ1) is 17.9. The number of hydrogen-bond acceptors (Lipinski definition) is 7. The number of carbonyl (C=O) groups excluding carboxylic acids is 1. The maximum atomic E-state index is 10.6. The molecule has 1 aliphatic heterocycles. The third-order valence-electron chi connectivity index (χ3n) is 2.80. The Morgan fingerprint density at radius 1 is 1.20 bits per heavy atom. The van der Waals surface area contributed by atoms with Gasteiger partial charge in [-0.3, -0.25) is 0 Å². The minimum absolute atomic E-state index is 0. The van der Waals surface area contributed by atoms with E-state index in [0.29, 0.717) is 4.90 Å². The van der Waals surface area contributed by atoms with Crippen molar-refractivity contribution in [3.63, 3.8) is 0 Å². The van der Waals surface area contributed by atoms with Crippen LogP contribution in [-0.4, -0.2) is 51.6 Å². The first-order chi connectivity index (χ1) is 8.99. The maximum absolute atomic E-state index is 10.6. The smallest absolute Gasteiger partial charge is 0.545 e. The molecule has 3 N–H and O–H groups in total. The fourth-order valence-electron chi connectivity index (χ4n) is 1.69. The van der Waals surface area contributed by atoms with Crippen LogP contribution in [0.25, 0.3) is 0 Å². The Morgan fingerprint density at radius 2 is 1.80 bits per heavy atom. The summed E-state index contributed by atoms with van der Waals surface area (Å²) in [6.45, 7) is -0.0625. The van der Waals surface area contributed by atoms with Gasteiger partial charge < -0.3 is 30.0 Å². The summed E-state index contributed by atoms with van der Waals surface area (Å²) in [7, 11) is 0. The Balaban J connectivity index is 0.00000200. The Labute approximate surface area is 142 Å². The number of hydrogen-bond donors (Lipinski definition) is 3. The molecule has 4 atom stereocenters. The van der Waals surface area contributed by atoms with E-state index in [9.17, 15) is 25.2 Å². The number of rotatable bonds is 3. The second kappa shape index (κ2) is 7.77. The van der Waals surface area contributed by atoms with Crippen LogP contribution in [0.15, 0.2) is 29.2 Å². The number of thioether (sulfide) groups is 1. The molecule has 20 heavy (non-hydrogen) atoms. The molecule has 0 saturated carbocycles. The summed E-state index contributed by atoms with van der Waals surface area (Å²) in [4.78, 5) is 11.3. The Morgan fingerprint density at radius 3 is 2.35 bits per heavy atom. The standard InChI is InChI=1S/C12H14O6S.Na/c13-8-5-18-12(10(15)9(8)14)19-7-3-1-6(2-4-7)11(16)17;/h1-4,8-10,12-15H,5H2,(H,16,17);/q;+1/p-1/t8-,9+,10-,12+;/m1./s1. The molecule has 0 unspecified atom stereocenters. The first-order valence-electron chi connectivity index (χ1n) is 5.63. The minimum atomic E-state index is -1.26. The number of aliphatic hydroxyl groups excluding tert-OH is 3. The molecule has 1 aromatic carbocycles. The van der Waals surface area contributed by atoms with Gasteiger partial charge in [0.15, 0.2) is 0 Å². The van der Waals surface area contributed by atoms with Gasteiger partial charge >= 0.3 is 29.6 Å². The van der Waals surface area contributed by atoms with Gasteiger partial charge in [-0.1, -0.05) is 23.9 Å². The zero-order valence-electron chi connectivity index (χ0n) is 10.8. The predicted molar refractivity (Wildman–Crippen MR) is 64.4 cm³/mol. The molecule has 0 aromatic heterocycles. The summed E-state index contributed by atoms with van der Waals surface area (Å²) in [6.07, 6.45) is -3.57. The van der Waals surface area contributed by atoms with Crippen LogP contribution < -0.4 is 34.7 Å². The van der Waals surface area contributed by atoms with E-state index < -0.39 is 29.7 Å². The molecule has 0 radical (unpaired) electrons. The number of aliphatic hydroxyl groups is 3. The summed E-state index contributed by atoms with van der Waals surface area (Å²) in [5.74, 6) is -1.26. The molecular formula is C12H13NaO6S. The molecule has 1 aromatic rings. The average molecular weight is 308 g/mol. The third kappa shape index (κ3) is 4.19. The van der Waals surface area contributed by atoms with Gasteiger partial charge in [-0.2, -0.15) is 0 Å². The van der Waals surface area contributed by atoms with E-state index in [4.69, 9.17) is 4.74 Å². The van der Waals surface area contributed by atoms with E-state index >= 15 is 0 Å². The fraction of sp³-hybridized carbons (Fsp3) is 0.417. The zero-order chi connectivity index (χ0) is 14.0. The Bertz CT molecular complexity index is 454. The summed E-state index contributed by atoms with van der Waals surface area (Å²) >= 11 is 1.14. The molecule has 104 valence electrons. The van der Waals surface area contributed by atoms with Crippen molar-refractivity contribution in [1.82, 2.24) is 0 Å². The second-order valence-electron chi connectivity index (χ2n) is 4.18. The van der Waals surface area contributed by atoms with Crippen LogP contribution in [0.5, 0.6) is 0 Å². The number of carbonyl (C=O) groups is 1. The molecule has 1 saturated heterocycles. The van der Waals surface area contributed by atoms with E-state index in [0.717, 1.165) is 11.8 Å². The van der Waals surface area contributed by atoms with E-state index in [2.05, 4.69) is 0 Å².